The molecule has 2 heteroatoms. The van der Waals surface area contributed by atoms with Crippen LogP contribution in [0.15, 0.2) is 60.7 Å². The highest BCUT2D eigenvalue weighted by molar-refractivity contribution is 5.43. The van der Waals surface area contributed by atoms with Crippen LogP contribution < -0.4 is 0 Å². The predicted octanol–water partition coefficient (Wildman–Crippen LogP) is 3.35. The Labute approximate surface area is 120 Å². The van der Waals surface area contributed by atoms with Crippen LogP contribution >= 0.6 is 0 Å². The Balaban J connectivity index is 2.20. The summed E-state index contributed by atoms with van der Waals surface area (Å²) in [5.74, 6) is 0.108. The molecule has 0 bridgehead atoms. The lowest BCUT2D eigenvalue weighted by atomic mass is 9.64. The fourth-order valence-electron chi connectivity index (χ4n) is 3.12. The first-order chi connectivity index (χ1) is 9.61. The largest absolute Gasteiger partial charge is 0.383 e. The third kappa shape index (κ3) is 1.65. The maximum Gasteiger partial charge on any atom is 0.149 e. The van der Waals surface area contributed by atoms with E-state index in [4.69, 9.17) is 4.74 Å². The smallest absolute Gasteiger partial charge is 0.149 e. The molecule has 3 rings (SSSR count). The van der Waals surface area contributed by atoms with Gasteiger partial charge in [0.05, 0.1) is 6.61 Å². The number of aliphatic hydroxyl groups is 1. The van der Waals surface area contributed by atoms with Crippen LogP contribution in [0.5, 0.6) is 0 Å². The third-order valence-electron chi connectivity index (χ3n) is 4.43. The van der Waals surface area contributed by atoms with Crippen molar-refractivity contribution in [2.24, 2.45) is 5.92 Å². The monoisotopic (exact) mass is 268 g/mol. The van der Waals surface area contributed by atoms with Crippen molar-refractivity contribution < 1.29 is 9.84 Å². The van der Waals surface area contributed by atoms with Gasteiger partial charge in [-0.2, -0.15) is 0 Å². The molecule has 0 radical (unpaired) electrons. The molecule has 0 amide bonds. The zero-order chi connectivity index (χ0) is 14.2. The van der Waals surface area contributed by atoms with Gasteiger partial charge in [-0.25, -0.2) is 0 Å². The Kier molecular flexibility index (Phi) is 3.15. The van der Waals surface area contributed by atoms with Crippen molar-refractivity contribution in [1.29, 1.82) is 0 Å². The number of benzene rings is 2. The SMILES string of the molecule is CC(C)C1(O)COC1(c1ccccc1)c1ccccc1. The topological polar surface area (TPSA) is 29.5 Å². The number of hydrogen-bond donors (Lipinski definition) is 1. The van der Waals surface area contributed by atoms with Crippen molar-refractivity contribution in [3.05, 3.63) is 71.8 Å². The van der Waals surface area contributed by atoms with Gasteiger partial charge in [0.1, 0.15) is 11.2 Å². The van der Waals surface area contributed by atoms with Gasteiger partial charge in [-0.15, -0.1) is 0 Å². The van der Waals surface area contributed by atoms with Crippen molar-refractivity contribution in [3.8, 4) is 0 Å². The summed E-state index contributed by atoms with van der Waals surface area (Å²) in [6, 6.07) is 20.0. The van der Waals surface area contributed by atoms with Gasteiger partial charge in [0, 0.05) is 0 Å². The molecule has 104 valence electrons. The zero-order valence-electron chi connectivity index (χ0n) is 11.9. The van der Waals surface area contributed by atoms with Gasteiger partial charge in [-0.05, 0) is 17.0 Å². The van der Waals surface area contributed by atoms with Crippen LogP contribution in [0.2, 0.25) is 0 Å². The van der Waals surface area contributed by atoms with Crippen LogP contribution in [0.3, 0.4) is 0 Å². The zero-order valence-corrected chi connectivity index (χ0v) is 11.9. The van der Waals surface area contributed by atoms with Gasteiger partial charge in [0.15, 0.2) is 0 Å². The van der Waals surface area contributed by atoms with E-state index in [1.165, 1.54) is 0 Å². The summed E-state index contributed by atoms with van der Waals surface area (Å²) >= 11 is 0. The maximum absolute atomic E-state index is 11.2. The Morgan fingerprint density at radius 1 is 0.900 bits per heavy atom. The molecular weight excluding hydrogens is 248 g/mol. The van der Waals surface area contributed by atoms with Crippen LogP contribution in [-0.4, -0.2) is 17.3 Å². The fraction of sp³-hybridized carbons (Fsp3) is 0.333. The van der Waals surface area contributed by atoms with E-state index in [0.29, 0.717) is 6.61 Å². The first kappa shape index (κ1) is 13.3. The Morgan fingerprint density at radius 3 is 1.65 bits per heavy atom. The predicted molar refractivity (Wildman–Crippen MR) is 79.4 cm³/mol. The maximum atomic E-state index is 11.2. The molecule has 0 spiro atoms. The van der Waals surface area contributed by atoms with Gasteiger partial charge >= 0.3 is 0 Å². The van der Waals surface area contributed by atoms with E-state index in [0.717, 1.165) is 11.1 Å². The molecule has 2 nitrogen and oxygen atoms in total. The molecule has 1 saturated heterocycles. The normalized spacial score (nSPS) is 24.4. The summed E-state index contributed by atoms with van der Waals surface area (Å²) in [6.07, 6.45) is 0. The molecule has 1 atom stereocenters. The molecule has 1 unspecified atom stereocenters. The van der Waals surface area contributed by atoms with Crippen molar-refractivity contribution in [1.82, 2.24) is 0 Å². The van der Waals surface area contributed by atoms with Crippen LogP contribution in [0.4, 0.5) is 0 Å². The second kappa shape index (κ2) is 4.72. The van der Waals surface area contributed by atoms with Crippen LogP contribution in [0.1, 0.15) is 25.0 Å². The van der Waals surface area contributed by atoms with E-state index < -0.39 is 11.2 Å². The Bertz CT molecular complexity index is 537. The lowest BCUT2D eigenvalue weighted by Crippen LogP contribution is -2.69. The van der Waals surface area contributed by atoms with Crippen molar-refractivity contribution in [2.45, 2.75) is 25.0 Å². The van der Waals surface area contributed by atoms with Gasteiger partial charge in [-0.3, -0.25) is 0 Å². The van der Waals surface area contributed by atoms with Gasteiger partial charge < -0.3 is 9.84 Å². The molecule has 20 heavy (non-hydrogen) atoms. The molecular formula is C18H20O2. The summed E-state index contributed by atoms with van der Waals surface area (Å²) in [7, 11) is 0. The highest BCUT2D eigenvalue weighted by Crippen LogP contribution is 2.53. The van der Waals surface area contributed by atoms with Crippen LogP contribution in [0, 0.1) is 5.92 Å². The third-order valence-corrected chi connectivity index (χ3v) is 4.43. The average molecular weight is 268 g/mol. The quantitative estimate of drug-likeness (QED) is 0.925. The molecule has 2 aromatic carbocycles. The molecule has 0 aliphatic carbocycles. The summed E-state index contributed by atoms with van der Waals surface area (Å²) in [6.45, 7) is 4.46. The van der Waals surface area contributed by atoms with Crippen LogP contribution in [0.25, 0.3) is 0 Å². The molecule has 0 aromatic heterocycles. The van der Waals surface area contributed by atoms with E-state index in [-0.39, 0.29) is 5.92 Å². The fourth-order valence-corrected chi connectivity index (χ4v) is 3.12. The first-order valence-electron chi connectivity index (χ1n) is 7.08. The molecule has 2 aromatic rings. The van der Waals surface area contributed by atoms with Crippen molar-refractivity contribution in [2.75, 3.05) is 6.61 Å². The number of ether oxygens (including phenoxy) is 1. The lowest BCUT2D eigenvalue weighted by molar-refractivity contribution is -0.310. The standard InChI is InChI=1S/C18H20O2/c1-14(2)17(19)13-20-18(17,15-9-5-3-6-10-15)16-11-7-4-8-12-16/h3-12,14,19H,13H2,1-2H3. The molecule has 1 heterocycles. The van der Waals surface area contributed by atoms with Crippen LogP contribution in [-0.2, 0) is 10.3 Å². The first-order valence-corrected chi connectivity index (χ1v) is 7.08. The molecule has 1 N–H and O–H groups in total. The van der Waals surface area contributed by atoms with Gasteiger partial charge in [0.25, 0.3) is 0 Å². The summed E-state index contributed by atoms with van der Waals surface area (Å²) in [4.78, 5) is 0. The summed E-state index contributed by atoms with van der Waals surface area (Å²) in [5, 5.41) is 11.2. The number of hydrogen-bond acceptors (Lipinski definition) is 2. The van der Waals surface area contributed by atoms with E-state index in [9.17, 15) is 5.11 Å². The minimum Gasteiger partial charge on any atom is -0.383 e. The van der Waals surface area contributed by atoms with E-state index in [1.54, 1.807) is 0 Å². The van der Waals surface area contributed by atoms with Crippen molar-refractivity contribution in [3.63, 3.8) is 0 Å². The lowest BCUT2D eigenvalue weighted by Gasteiger charge is -2.58. The average Bonchev–Trinajstić information content (AvgIpc) is 2.48. The molecule has 1 aliphatic heterocycles. The second-order valence-corrected chi connectivity index (χ2v) is 5.78. The van der Waals surface area contributed by atoms with E-state index >= 15 is 0 Å². The summed E-state index contributed by atoms with van der Waals surface area (Å²) in [5.41, 5.74) is 0.377. The molecule has 0 saturated carbocycles. The van der Waals surface area contributed by atoms with Gasteiger partial charge in [-0.1, -0.05) is 74.5 Å². The van der Waals surface area contributed by atoms with E-state index in [2.05, 4.69) is 0 Å². The van der Waals surface area contributed by atoms with E-state index in [1.807, 2.05) is 74.5 Å². The molecule has 1 aliphatic rings. The highest BCUT2D eigenvalue weighted by atomic mass is 16.6. The minimum absolute atomic E-state index is 0.108. The minimum atomic E-state index is -0.879. The van der Waals surface area contributed by atoms with Crippen molar-refractivity contribution >= 4 is 0 Å². The Hall–Kier alpha value is -1.64. The number of rotatable bonds is 3. The summed E-state index contributed by atoms with van der Waals surface area (Å²) < 4.78 is 6.02. The van der Waals surface area contributed by atoms with Gasteiger partial charge in [0.2, 0.25) is 0 Å². The highest BCUT2D eigenvalue weighted by Gasteiger charge is 2.63. The molecule has 1 fully saturated rings. The Morgan fingerprint density at radius 2 is 1.35 bits per heavy atom. The second-order valence-electron chi connectivity index (χ2n) is 5.78.